The van der Waals surface area contributed by atoms with Gasteiger partial charge >= 0.3 is 34.3 Å². The summed E-state index contributed by atoms with van der Waals surface area (Å²) in [4.78, 5) is 86.8. The molecule has 25 rings (SSSR count). The van der Waals surface area contributed by atoms with Crippen molar-refractivity contribution in [3.8, 4) is 39.2 Å². The topological polar surface area (TPSA) is 243 Å². The van der Waals surface area contributed by atoms with Gasteiger partial charge in [0.1, 0.15) is 55.6 Å². The molecular weight excluding hydrogens is 1540 g/mol. The van der Waals surface area contributed by atoms with Crippen LogP contribution in [0.5, 0.6) is 0 Å². The Morgan fingerprint density at radius 3 is 1.26 bits per heavy atom. The maximum Gasteiger partial charge on any atom is 0.417 e. The van der Waals surface area contributed by atoms with Gasteiger partial charge in [0.2, 0.25) is 5.89 Å². The van der Waals surface area contributed by atoms with Crippen LogP contribution in [-0.2, 0) is 70.4 Å². The van der Waals surface area contributed by atoms with E-state index in [4.69, 9.17) is 31.8 Å². The van der Waals surface area contributed by atoms with Gasteiger partial charge in [-0.05, 0) is 241 Å². The van der Waals surface area contributed by atoms with E-state index in [1.807, 2.05) is 84.9 Å². The first-order valence-electron chi connectivity index (χ1n) is 42.1. The molecule has 15 aromatic rings. The number of rotatable bonds is 3. The Morgan fingerprint density at radius 1 is 0.392 bits per heavy atom. The van der Waals surface area contributed by atoms with Crippen LogP contribution in [0.2, 0.25) is 0 Å². The Hall–Kier alpha value is -12.6. The molecule has 10 aliphatic rings. The number of fused-ring (bicyclic) bond motifs is 12. The minimum atomic E-state index is -4.56. The normalized spacial score (nSPS) is 16.5. The van der Waals surface area contributed by atoms with Gasteiger partial charge in [-0.1, -0.05) is 30.3 Å². The van der Waals surface area contributed by atoms with Crippen molar-refractivity contribution in [2.45, 2.75) is 135 Å². The highest BCUT2D eigenvalue weighted by Gasteiger charge is 2.38. The first kappa shape index (κ1) is 74.9. The molecule has 0 bridgehead atoms. The predicted molar refractivity (Wildman–Crippen MR) is 461 cm³/mol. The van der Waals surface area contributed by atoms with E-state index < -0.39 is 28.6 Å². The molecule has 0 atom stereocenters. The molecule has 20 nitrogen and oxygen atoms in total. The summed E-state index contributed by atoms with van der Waals surface area (Å²) in [6, 6.07) is 39.5. The smallest absolute Gasteiger partial charge is 0.417 e. The molecule has 24 heteroatoms. The molecule has 18 heterocycles. The van der Waals surface area contributed by atoms with Crippen LogP contribution in [0.25, 0.3) is 109 Å². The Bertz CT molecular complexity index is 6840. The van der Waals surface area contributed by atoms with Gasteiger partial charge in [0, 0.05) is 173 Å². The largest absolute Gasteiger partial charge is 0.436 e. The van der Waals surface area contributed by atoms with Crippen molar-refractivity contribution in [3.05, 3.63) is 253 Å². The van der Waals surface area contributed by atoms with E-state index in [0.29, 0.717) is 46.2 Å². The molecule has 0 fully saturated rings. The SMILES string of the molecule is N#Cc1cc2cc3c4c(c2oc1=O)CCCN4CCC3.O=c1cc(C(F)(F)F)c2cc3c4c(c2o1)CCCN4CCC3.O=c1oc2c3c4c(cc2cc1-c1cccnc1)CCCN4CCC3.O=c1oc2c3c4c(cc2cc1-c1nc2ccccc2o1)CCCN4CCC3.O=c1oc2c3c4c(cc2cc1-c1nc2ccccc2s1)CCCN4CCC3. The minimum absolute atomic E-state index is 0.0181. The lowest BCUT2D eigenvalue weighted by molar-refractivity contribution is -0.136. The fourth-order valence-electron chi connectivity index (χ4n) is 20.6. The molecule has 8 aromatic heterocycles. The van der Waals surface area contributed by atoms with Gasteiger partial charge in [0.05, 0.1) is 26.9 Å². The number of nitrogens with zero attached hydrogens (tertiary/aromatic N) is 9. The third-order valence-corrected chi connectivity index (χ3v) is 26.6. The molecule has 0 radical (unpaired) electrons. The van der Waals surface area contributed by atoms with Crippen molar-refractivity contribution in [1.29, 1.82) is 5.26 Å². The summed E-state index contributed by atoms with van der Waals surface area (Å²) < 4.78 is 74.9. The first-order chi connectivity index (χ1) is 58.6. The van der Waals surface area contributed by atoms with Crippen LogP contribution in [0.3, 0.4) is 0 Å². The number of thiazole rings is 1. The Labute approximate surface area is 688 Å². The summed E-state index contributed by atoms with van der Waals surface area (Å²) in [5.41, 5.74) is 22.8. The van der Waals surface area contributed by atoms with E-state index in [0.717, 1.165) is 249 Å². The van der Waals surface area contributed by atoms with Crippen molar-refractivity contribution in [2.24, 2.45) is 0 Å². The summed E-state index contributed by atoms with van der Waals surface area (Å²) in [7, 11) is 0. The zero-order chi connectivity index (χ0) is 81.2. The molecule has 0 unspecified atom stereocenters. The molecule has 0 saturated carbocycles. The van der Waals surface area contributed by atoms with Crippen LogP contribution in [0.1, 0.15) is 131 Å². The van der Waals surface area contributed by atoms with Crippen LogP contribution in [-0.4, -0.2) is 80.4 Å². The van der Waals surface area contributed by atoms with Gasteiger partial charge < -0.3 is 51.0 Å². The standard InChI is InChI=1S/C22H18N2O3.C22H18N2O2S.C20H18N2O2.C16H14F3NO2.C16H14N2O2/c25-22-16(21-23-17-7-1-2-8-18(17)26-21)12-14-11-13-5-3-9-24-10-4-6-15(19(13)24)20(14)27-22;25-22-16(21-23-17-7-1-2-8-18(17)27-21)12-14-11-13-5-3-9-24-10-4-6-15(19(13)24)20(14)26-22;23-20-17(14-4-1-7-21-12-14)11-15-10-13-5-2-8-22-9-3-6-16(18(13)22)19(15)24-20;17-16(18,19)12-8-13(21)22-15-10-4-2-6-20-5-1-3-9(14(10)20)7-11(12)15;17-9-12-8-11-7-10-3-1-5-18-6-2-4-13(14(10)18)15(11)20-16(12)19/h2*1-2,7-8,11-12H,3-6,9-10H2;1,4,7,10-12H,2-3,5-6,8-9H2;7-8H,1-6H2;7-8H,1-6H2. The van der Waals surface area contributed by atoms with Crippen LogP contribution in [0, 0.1) is 11.3 Å². The van der Waals surface area contributed by atoms with Crippen LogP contribution in [0.4, 0.5) is 41.6 Å². The van der Waals surface area contributed by atoms with Crippen molar-refractivity contribution in [1.82, 2.24) is 15.0 Å². The van der Waals surface area contributed by atoms with Gasteiger partial charge in [-0.25, -0.2) is 33.9 Å². The van der Waals surface area contributed by atoms with Crippen molar-refractivity contribution >= 4 is 116 Å². The molecule has 604 valence electrons. The van der Waals surface area contributed by atoms with Gasteiger partial charge in [0.25, 0.3) is 0 Å². The Kier molecular flexibility index (Phi) is 18.9. The van der Waals surface area contributed by atoms with Crippen LogP contribution in [0.15, 0.2) is 184 Å². The van der Waals surface area contributed by atoms with Crippen molar-refractivity contribution in [2.75, 3.05) is 89.9 Å². The number of benzene rings is 7. The lowest BCUT2D eigenvalue weighted by Crippen LogP contribution is -2.34. The minimum Gasteiger partial charge on any atom is -0.436 e. The number of hydrogen-bond donors (Lipinski definition) is 0. The van der Waals surface area contributed by atoms with E-state index in [9.17, 15) is 37.1 Å². The molecule has 7 aromatic carbocycles. The average molecular weight is 1630 g/mol. The molecule has 0 aliphatic carbocycles. The van der Waals surface area contributed by atoms with Gasteiger partial charge in [0.15, 0.2) is 5.58 Å². The third-order valence-electron chi connectivity index (χ3n) is 25.5. The number of oxazole rings is 1. The summed E-state index contributed by atoms with van der Waals surface area (Å²) in [5, 5.41) is 13.6. The zero-order valence-corrected chi connectivity index (χ0v) is 66.8. The molecule has 0 N–H and O–H groups in total. The van der Waals surface area contributed by atoms with Gasteiger partial charge in [-0.15, -0.1) is 11.3 Å². The maximum atomic E-state index is 13.3. The number of anilines is 5. The predicted octanol–water partition coefficient (Wildman–Crippen LogP) is 18.5. The highest BCUT2D eigenvalue weighted by Crippen LogP contribution is 2.48. The van der Waals surface area contributed by atoms with E-state index in [2.05, 4.69) is 63.7 Å². The summed E-state index contributed by atoms with van der Waals surface area (Å²) in [6.45, 7) is 10.6. The summed E-state index contributed by atoms with van der Waals surface area (Å²) in [6.07, 6.45) is 19.5. The second-order valence-corrected chi connectivity index (χ2v) is 34.0. The van der Waals surface area contributed by atoms with Crippen LogP contribution >= 0.6 is 11.3 Å². The van der Waals surface area contributed by atoms with E-state index in [1.165, 1.54) is 87.4 Å². The van der Waals surface area contributed by atoms with Crippen LogP contribution < -0.4 is 52.6 Å². The molecule has 10 aliphatic heterocycles. The number of nitriles is 1. The van der Waals surface area contributed by atoms with Crippen molar-refractivity contribution in [3.63, 3.8) is 0 Å². The molecule has 0 amide bonds. The van der Waals surface area contributed by atoms with Crippen molar-refractivity contribution < 1.29 is 39.7 Å². The Morgan fingerprint density at radius 2 is 0.800 bits per heavy atom. The van der Waals surface area contributed by atoms with Gasteiger partial charge in [-0.3, -0.25) is 4.98 Å². The lowest BCUT2D eigenvalue weighted by Gasteiger charge is -2.37. The van der Waals surface area contributed by atoms with E-state index >= 15 is 0 Å². The fourth-order valence-corrected chi connectivity index (χ4v) is 21.5. The lowest BCUT2D eigenvalue weighted by atomic mass is 9.89. The number of aromatic nitrogens is 3. The second-order valence-electron chi connectivity index (χ2n) is 32.9. The fraction of sp³-hybridized carbons (Fsp3) is 0.323. The molecule has 0 saturated heterocycles. The molecule has 120 heavy (non-hydrogen) atoms. The number of para-hydroxylation sites is 3. The monoisotopic (exact) mass is 1630 g/mol. The third kappa shape index (κ3) is 13.3. The first-order valence-corrected chi connectivity index (χ1v) is 42.9. The zero-order valence-electron chi connectivity index (χ0n) is 66.0. The average Bonchev–Trinajstić information content (AvgIpc) is 1.22. The maximum absolute atomic E-state index is 13.3. The second kappa shape index (κ2) is 30.3. The Balaban J connectivity index is 0.0000000932. The number of alkyl halides is 3. The number of halogens is 3. The number of hydrogen-bond acceptors (Lipinski definition) is 21. The number of pyridine rings is 1. The van der Waals surface area contributed by atoms with E-state index in [1.54, 1.807) is 35.9 Å². The molecular formula is C96H82F3N9O11S. The van der Waals surface area contributed by atoms with E-state index in [-0.39, 0.29) is 27.8 Å². The highest BCUT2D eigenvalue weighted by atomic mass is 32.1. The number of aryl methyl sites for hydroxylation is 10. The molecule has 0 spiro atoms. The van der Waals surface area contributed by atoms with Gasteiger partial charge in [-0.2, -0.15) is 18.4 Å². The quantitative estimate of drug-likeness (QED) is 0.149. The summed E-state index contributed by atoms with van der Waals surface area (Å²) in [5.74, 6) is 0.319. The highest BCUT2D eigenvalue weighted by molar-refractivity contribution is 7.21. The summed E-state index contributed by atoms with van der Waals surface area (Å²) >= 11 is 1.54.